The summed E-state index contributed by atoms with van der Waals surface area (Å²) in [6.45, 7) is 3.32. The van der Waals surface area contributed by atoms with Crippen LogP contribution in [0.15, 0.2) is 29.0 Å². The predicted molar refractivity (Wildman–Crippen MR) is 84.9 cm³/mol. The minimum Gasteiger partial charge on any atom is -0.393 e. The highest BCUT2D eigenvalue weighted by Crippen LogP contribution is 2.49. The first-order chi connectivity index (χ1) is 10.9. The standard InChI is InChI=1S/C13H22N3O6P/c1-3-21-23(19,22-4-2)8-6-11(9-17)20-10-16-7-5-12(14)15-13(16)18/h5-8,11,17H,3-4,9-10H2,1-2H3,(H2,14,15,18)/b8-6+/t11-/m1/s1. The van der Waals surface area contributed by atoms with Gasteiger partial charge in [0.25, 0.3) is 0 Å². The molecule has 23 heavy (non-hydrogen) atoms. The molecule has 1 rings (SSSR count). The van der Waals surface area contributed by atoms with E-state index in [0.717, 1.165) is 0 Å². The average Bonchev–Trinajstić information content (AvgIpc) is 2.49. The quantitative estimate of drug-likeness (QED) is 0.599. The summed E-state index contributed by atoms with van der Waals surface area (Å²) in [5.41, 5.74) is 4.82. The molecule has 0 bridgehead atoms. The molecule has 0 unspecified atom stereocenters. The van der Waals surface area contributed by atoms with Crippen molar-refractivity contribution in [3.63, 3.8) is 0 Å². The number of nitrogens with two attached hydrogens (primary N) is 1. The van der Waals surface area contributed by atoms with Crippen LogP contribution in [0.25, 0.3) is 0 Å². The van der Waals surface area contributed by atoms with Crippen LogP contribution in [0.3, 0.4) is 0 Å². The maximum atomic E-state index is 12.3. The first-order valence-electron chi connectivity index (χ1n) is 7.07. The van der Waals surface area contributed by atoms with Gasteiger partial charge in [0.1, 0.15) is 18.7 Å². The Morgan fingerprint density at radius 2 is 2.09 bits per heavy atom. The molecule has 0 saturated heterocycles. The fraction of sp³-hybridized carbons (Fsp3) is 0.538. The molecule has 0 radical (unpaired) electrons. The number of ether oxygens (including phenoxy) is 1. The topological polar surface area (TPSA) is 126 Å². The number of aromatic nitrogens is 2. The summed E-state index contributed by atoms with van der Waals surface area (Å²) in [5.74, 6) is 1.35. The van der Waals surface area contributed by atoms with Gasteiger partial charge in [-0.05, 0) is 26.0 Å². The van der Waals surface area contributed by atoms with Gasteiger partial charge in [0.05, 0.1) is 19.8 Å². The Bertz CT molecular complexity index is 608. The average molecular weight is 347 g/mol. The van der Waals surface area contributed by atoms with Crippen molar-refractivity contribution in [2.24, 2.45) is 0 Å². The van der Waals surface area contributed by atoms with Crippen molar-refractivity contribution in [3.05, 3.63) is 34.6 Å². The Morgan fingerprint density at radius 3 is 2.61 bits per heavy atom. The van der Waals surface area contributed by atoms with Gasteiger partial charge in [-0.2, -0.15) is 4.98 Å². The SMILES string of the molecule is CCOP(=O)(/C=C/[C@H](CO)OCn1ccc(N)nc1=O)OCC. The second kappa shape index (κ2) is 9.59. The predicted octanol–water partition coefficient (Wildman–Crippen LogP) is 0.940. The van der Waals surface area contributed by atoms with Crippen LogP contribution in [0.5, 0.6) is 0 Å². The third kappa shape index (κ3) is 6.64. The number of aliphatic hydroxyl groups excluding tert-OH is 1. The molecule has 1 heterocycles. The number of hydrogen-bond donors (Lipinski definition) is 2. The second-order valence-electron chi connectivity index (χ2n) is 4.34. The number of nitrogens with zero attached hydrogens (tertiary/aromatic N) is 2. The van der Waals surface area contributed by atoms with E-state index in [1.54, 1.807) is 13.8 Å². The molecule has 0 fully saturated rings. The van der Waals surface area contributed by atoms with Crippen LogP contribution in [-0.4, -0.2) is 40.6 Å². The zero-order valence-corrected chi connectivity index (χ0v) is 14.0. The molecule has 1 aromatic heterocycles. The van der Waals surface area contributed by atoms with E-state index in [4.69, 9.17) is 19.5 Å². The Balaban J connectivity index is 2.71. The third-order valence-electron chi connectivity index (χ3n) is 2.60. The van der Waals surface area contributed by atoms with Gasteiger partial charge in [0.2, 0.25) is 0 Å². The smallest absolute Gasteiger partial charge is 0.353 e. The fourth-order valence-electron chi connectivity index (χ4n) is 1.57. The largest absolute Gasteiger partial charge is 0.393 e. The molecule has 0 aliphatic rings. The second-order valence-corrected chi connectivity index (χ2v) is 6.23. The molecule has 10 heteroatoms. The molecule has 0 aliphatic carbocycles. The highest BCUT2D eigenvalue weighted by molar-refractivity contribution is 7.57. The van der Waals surface area contributed by atoms with E-state index in [9.17, 15) is 14.5 Å². The summed E-state index contributed by atoms with van der Waals surface area (Å²) in [4.78, 5) is 15.1. The Labute approximate surface area is 134 Å². The molecule has 0 aliphatic heterocycles. The summed E-state index contributed by atoms with van der Waals surface area (Å²) in [6, 6.07) is 1.45. The number of hydrogen-bond acceptors (Lipinski definition) is 8. The molecule has 0 amide bonds. The van der Waals surface area contributed by atoms with Gasteiger partial charge in [-0.25, -0.2) is 4.79 Å². The van der Waals surface area contributed by atoms with Gasteiger partial charge in [0, 0.05) is 12.0 Å². The van der Waals surface area contributed by atoms with E-state index in [1.807, 2.05) is 0 Å². The first kappa shape index (κ1) is 19.5. The third-order valence-corrected chi connectivity index (χ3v) is 4.38. The number of anilines is 1. The van der Waals surface area contributed by atoms with Crippen molar-refractivity contribution in [1.82, 2.24) is 9.55 Å². The van der Waals surface area contributed by atoms with Gasteiger partial charge in [-0.1, -0.05) is 0 Å². The molecule has 0 saturated carbocycles. The van der Waals surface area contributed by atoms with E-state index in [1.165, 1.54) is 28.7 Å². The number of aliphatic hydroxyl groups is 1. The lowest BCUT2D eigenvalue weighted by Gasteiger charge is -2.15. The van der Waals surface area contributed by atoms with Crippen LogP contribution in [0.1, 0.15) is 13.8 Å². The normalized spacial score (nSPS) is 13.5. The van der Waals surface area contributed by atoms with E-state index in [-0.39, 0.29) is 32.4 Å². The molecular weight excluding hydrogens is 325 g/mol. The summed E-state index contributed by atoms with van der Waals surface area (Å²) in [5, 5.41) is 9.30. The first-order valence-corrected chi connectivity index (χ1v) is 8.68. The van der Waals surface area contributed by atoms with Crippen molar-refractivity contribution < 1.29 is 23.5 Å². The van der Waals surface area contributed by atoms with Gasteiger partial charge >= 0.3 is 13.3 Å². The maximum Gasteiger partial charge on any atom is 0.353 e. The zero-order chi connectivity index (χ0) is 17.3. The van der Waals surface area contributed by atoms with Gasteiger partial charge in [0.15, 0.2) is 0 Å². The summed E-state index contributed by atoms with van der Waals surface area (Å²) in [7, 11) is -3.37. The Morgan fingerprint density at radius 1 is 1.43 bits per heavy atom. The maximum absolute atomic E-state index is 12.3. The molecule has 0 spiro atoms. The van der Waals surface area contributed by atoms with Gasteiger partial charge in [-0.15, -0.1) is 0 Å². The van der Waals surface area contributed by atoms with Crippen molar-refractivity contribution in [3.8, 4) is 0 Å². The highest BCUT2D eigenvalue weighted by Gasteiger charge is 2.20. The zero-order valence-electron chi connectivity index (χ0n) is 13.1. The molecule has 0 aromatic carbocycles. The van der Waals surface area contributed by atoms with Crippen molar-refractivity contribution in [2.45, 2.75) is 26.7 Å². The van der Waals surface area contributed by atoms with Crippen LogP contribution in [0.4, 0.5) is 5.82 Å². The summed E-state index contributed by atoms with van der Waals surface area (Å²) in [6.07, 6.45) is 2.02. The lowest BCUT2D eigenvalue weighted by molar-refractivity contribution is 0.00126. The van der Waals surface area contributed by atoms with Gasteiger partial charge in [-0.3, -0.25) is 9.13 Å². The monoisotopic (exact) mass is 347 g/mol. The van der Waals surface area contributed by atoms with Crippen LogP contribution in [-0.2, 0) is 25.1 Å². The lowest BCUT2D eigenvalue weighted by Crippen LogP contribution is -2.27. The minimum absolute atomic E-state index is 0.110. The number of rotatable bonds is 10. The Kier molecular flexibility index (Phi) is 8.15. The van der Waals surface area contributed by atoms with Crippen molar-refractivity contribution >= 4 is 13.4 Å². The van der Waals surface area contributed by atoms with E-state index in [0.29, 0.717) is 0 Å². The van der Waals surface area contributed by atoms with Crippen molar-refractivity contribution in [2.75, 3.05) is 25.6 Å². The minimum atomic E-state index is -3.37. The molecule has 3 N–H and O–H groups in total. The highest BCUT2D eigenvalue weighted by atomic mass is 31.2. The Hall–Kier alpha value is -1.51. The van der Waals surface area contributed by atoms with E-state index in [2.05, 4.69) is 4.98 Å². The fourth-order valence-corrected chi connectivity index (χ4v) is 2.94. The molecular formula is C13H22N3O6P. The molecule has 130 valence electrons. The van der Waals surface area contributed by atoms with E-state index >= 15 is 0 Å². The summed E-state index contributed by atoms with van der Waals surface area (Å²) < 4.78 is 29.0. The lowest BCUT2D eigenvalue weighted by atomic mass is 10.4. The van der Waals surface area contributed by atoms with Crippen LogP contribution in [0, 0.1) is 0 Å². The molecule has 9 nitrogen and oxygen atoms in total. The number of nitrogen functional groups attached to an aromatic ring is 1. The van der Waals surface area contributed by atoms with Gasteiger partial charge < -0.3 is 24.6 Å². The van der Waals surface area contributed by atoms with Crippen molar-refractivity contribution in [1.29, 1.82) is 0 Å². The summed E-state index contributed by atoms with van der Waals surface area (Å²) >= 11 is 0. The van der Waals surface area contributed by atoms with E-state index < -0.39 is 19.4 Å². The van der Waals surface area contributed by atoms with Crippen LogP contribution in [0.2, 0.25) is 0 Å². The van der Waals surface area contributed by atoms with Crippen LogP contribution >= 0.6 is 7.60 Å². The van der Waals surface area contributed by atoms with Crippen LogP contribution < -0.4 is 11.4 Å². The molecule has 1 atom stereocenters. The molecule has 1 aromatic rings.